The molecule has 4 heterocycles. The maximum Gasteiger partial charge on any atom is 0.262 e. The van der Waals surface area contributed by atoms with Crippen molar-refractivity contribution in [3.8, 4) is 11.3 Å². The summed E-state index contributed by atoms with van der Waals surface area (Å²) in [7, 11) is 0. The molecule has 2 aliphatic heterocycles. The molecule has 6 rings (SSSR count). The summed E-state index contributed by atoms with van der Waals surface area (Å²) in [6, 6.07) is 10.5. The quantitative estimate of drug-likeness (QED) is 0.486. The largest absolute Gasteiger partial charge is 0.385 e. The average molecular weight is 513 g/mol. The minimum absolute atomic E-state index is 0.0984. The molecule has 2 fully saturated rings. The van der Waals surface area contributed by atoms with Gasteiger partial charge in [-0.2, -0.15) is 5.10 Å². The van der Waals surface area contributed by atoms with Gasteiger partial charge in [0, 0.05) is 36.1 Å². The number of nitrogens with zero attached hydrogens (tertiary/aromatic N) is 4. The molecule has 38 heavy (non-hydrogen) atoms. The Kier molecular flexibility index (Phi) is 5.81. The Labute approximate surface area is 219 Å². The predicted molar refractivity (Wildman–Crippen MR) is 138 cm³/mol. The van der Waals surface area contributed by atoms with Crippen LogP contribution in [0.5, 0.6) is 0 Å². The van der Waals surface area contributed by atoms with E-state index in [1.165, 1.54) is 0 Å². The molecule has 3 aliphatic rings. The van der Waals surface area contributed by atoms with Gasteiger partial charge >= 0.3 is 0 Å². The fourth-order valence-corrected chi connectivity index (χ4v) is 5.54. The summed E-state index contributed by atoms with van der Waals surface area (Å²) in [5.74, 6) is -1.54. The van der Waals surface area contributed by atoms with Gasteiger partial charge in [0.1, 0.15) is 6.04 Å². The molecule has 3 aromatic rings. The van der Waals surface area contributed by atoms with Crippen molar-refractivity contribution in [2.75, 3.05) is 11.9 Å². The van der Waals surface area contributed by atoms with Crippen LogP contribution in [0, 0.1) is 19.8 Å². The number of fused-ring (bicyclic) bond motifs is 1. The fraction of sp³-hybridized carbons (Fsp3) is 0.357. The lowest BCUT2D eigenvalue weighted by molar-refractivity contribution is -0.136. The summed E-state index contributed by atoms with van der Waals surface area (Å²) in [6.07, 6.45) is 4.30. The molecule has 2 aromatic heterocycles. The molecule has 0 spiro atoms. The van der Waals surface area contributed by atoms with Crippen LogP contribution in [-0.4, -0.2) is 55.9 Å². The third-order valence-corrected chi connectivity index (χ3v) is 7.70. The molecule has 4 amide bonds. The number of rotatable bonds is 6. The number of hydrogen-bond donors (Lipinski definition) is 2. The molecule has 1 saturated heterocycles. The van der Waals surface area contributed by atoms with Crippen LogP contribution >= 0.6 is 0 Å². The van der Waals surface area contributed by atoms with Crippen molar-refractivity contribution >= 4 is 29.3 Å². The second kappa shape index (κ2) is 9.20. The molecule has 1 aliphatic carbocycles. The summed E-state index contributed by atoms with van der Waals surface area (Å²) < 4.78 is 2.05. The smallest absolute Gasteiger partial charge is 0.262 e. The number of nitrogens with one attached hydrogen (secondary N) is 2. The maximum atomic E-state index is 13.0. The van der Waals surface area contributed by atoms with Crippen LogP contribution in [0.2, 0.25) is 0 Å². The van der Waals surface area contributed by atoms with E-state index in [2.05, 4.69) is 26.5 Å². The Morgan fingerprint density at radius 3 is 2.55 bits per heavy atom. The third kappa shape index (κ3) is 4.15. The van der Waals surface area contributed by atoms with Gasteiger partial charge in [-0.15, -0.1) is 0 Å². The summed E-state index contributed by atoms with van der Waals surface area (Å²) in [5, 5.41) is 10.3. The minimum atomic E-state index is -0.962. The molecular formula is C28H28N6O4. The molecule has 0 radical (unpaired) electrons. The van der Waals surface area contributed by atoms with Gasteiger partial charge in [-0.1, -0.05) is 6.07 Å². The lowest BCUT2D eigenvalue weighted by Gasteiger charge is -2.35. The summed E-state index contributed by atoms with van der Waals surface area (Å²) in [5.41, 5.74) is 5.24. The average Bonchev–Trinajstić information content (AvgIpc) is 3.35. The number of carbonyl (C=O) groups excluding carboxylic acids is 4. The van der Waals surface area contributed by atoms with E-state index in [1.807, 2.05) is 32.0 Å². The van der Waals surface area contributed by atoms with Gasteiger partial charge in [-0.25, -0.2) is 0 Å². The highest BCUT2D eigenvalue weighted by Crippen LogP contribution is 2.39. The van der Waals surface area contributed by atoms with E-state index in [0.717, 1.165) is 52.6 Å². The number of aryl methyl sites for hydroxylation is 2. The molecule has 1 saturated carbocycles. The highest BCUT2D eigenvalue weighted by Gasteiger charge is 2.44. The number of anilines is 1. The standard InChI is InChI=1S/C28H28N6O4/c1-15-4-3-5-23(30-15)22-14-33(32-16(22)2)19-10-17(11-19)13-29-18-6-7-20-21(12-18)28(38)34(27(20)37)24-8-9-25(35)31-26(24)36/h3-7,12,14,17,19,24,29H,8-11,13H2,1-2H3,(H,31,35,36)/t17-,19-,24?. The highest BCUT2D eigenvalue weighted by atomic mass is 16.2. The molecule has 0 bridgehead atoms. The van der Waals surface area contributed by atoms with Gasteiger partial charge in [0.05, 0.1) is 28.6 Å². The van der Waals surface area contributed by atoms with Crippen molar-refractivity contribution in [3.05, 3.63) is 65.1 Å². The molecular weight excluding hydrogens is 484 g/mol. The zero-order valence-corrected chi connectivity index (χ0v) is 21.2. The van der Waals surface area contributed by atoms with Crippen molar-refractivity contribution in [2.24, 2.45) is 5.92 Å². The lowest BCUT2D eigenvalue weighted by atomic mass is 9.80. The molecule has 2 N–H and O–H groups in total. The SMILES string of the molecule is Cc1cccc(-c2cn([C@H]3C[C@H](CNc4ccc5c(c4)C(=O)N(C4CCC(=O)NC4=O)C5=O)C3)nc2C)n1. The first-order valence-electron chi connectivity index (χ1n) is 12.9. The van der Waals surface area contributed by atoms with E-state index in [1.54, 1.807) is 18.2 Å². The highest BCUT2D eigenvalue weighted by molar-refractivity contribution is 6.23. The fourth-order valence-electron chi connectivity index (χ4n) is 5.54. The van der Waals surface area contributed by atoms with Crippen LogP contribution in [0.1, 0.15) is 63.8 Å². The van der Waals surface area contributed by atoms with E-state index in [9.17, 15) is 19.2 Å². The Morgan fingerprint density at radius 1 is 1.00 bits per heavy atom. The number of carbonyl (C=O) groups is 4. The molecule has 194 valence electrons. The lowest BCUT2D eigenvalue weighted by Crippen LogP contribution is -2.54. The summed E-state index contributed by atoms with van der Waals surface area (Å²) in [4.78, 5) is 55.2. The maximum absolute atomic E-state index is 13.0. The number of benzene rings is 1. The summed E-state index contributed by atoms with van der Waals surface area (Å²) in [6.45, 7) is 4.73. The van der Waals surface area contributed by atoms with E-state index in [4.69, 9.17) is 5.10 Å². The van der Waals surface area contributed by atoms with Crippen molar-refractivity contribution in [2.45, 2.75) is 51.6 Å². The Morgan fingerprint density at radius 2 is 1.79 bits per heavy atom. The predicted octanol–water partition coefficient (Wildman–Crippen LogP) is 3.03. The van der Waals surface area contributed by atoms with Gasteiger partial charge in [0.15, 0.2) is 0 Å². The van der Waals surface area contributed by atoms with Crippen molar-refractivity contribution < 1.29 is 19.2 Å². The van der Waals surface area contributed by atoms with Crippen LogP contribution in [-0.2, 0) is 9.59 Å². The molecule has 1 aromatic carbocycles. The molecule has 10 nitrogen and oxygen atoms in total. The van der Waals surface area contributed by atoms with E-state index >= 15 is 0 Å². The van der Waals surface area contributed by atoms with Gasteiger partial charge < -0.3 is 5.32 Å². The van der Waals surface area contributed by atoms with E-state index in [-0.39, 0.29) is 29.9 Å². The van der Waals surface area contributed by atoms with Crippen LogP contribution in [0.4, 0.5) is 5.69 Å². The molecule has 1 unspecified atom stereocenters. The second-order valence-electron chi connectivity index (χ2n) is 10.4. The van der Waals surface area contributed by atoms with Crippen LogP contribution in [0.15, 0.2) is 42.6 Å². The Hall–Kier alpha value is -4.34. The third-order valence-electron chi connectivity index (χ3n) is 7.70. The number of piperidine rings is 1. The Bertz CT molecular complexity index is 1490. The Balaban J connectivity index is 1.07. The second-order valence-corrected chi connectivity index (χ2v) is 10.4. The van der Waals surface area contributed by atoms with Crippen molar-refractivity contribution in [3.63, 3.8) is 0 Å². The van der Waals surface area contributed by atoms with Crippen LogP contribution in [0.25, 0.3) is 11.3 Å². The number of imide groups is 2. The summed E-state index contributed by atoms with van der Waals surface area (Å²) >= 11 is 0. The van der Waals surface area contributed by atoms with E-state index < -0.39 is 23.8 Å². The van der Waals surface area contributed by atoms with E-state index in [0.29, 0.717) is 12.0 Å². The van der Waals surface area contributed by atoms with Gasteiger partial charge in [0.2, 0.25) is 11.8 Å². The van der Waals surface area contributed by atoms with Gasteiger partial charge in [-0.05, 0) is 69.4 Å². The molecule has 1 atom stereocenters. The van der Waals surface area contributed by atoms with Gasteiger partial charge in [0.25, 0.3) is 11.8 Å². The number of amides is 4. The zero-order valence-electron chi connectivity index (χ0n) is 21.2. The topological polar surface area (TPSA) is 126 Å². The zero-order chi connectivity index (χ0) is 26.6. The number of hydrogen-bond acceptors (Lipinski definition) is 7. The first-order chi connectivity index (χ1) is 18.3. The monoisotopic (exact) mass is 512 g/mol. The first kappa shape index (κ1) is 24.0. The van der Waals surface area contributed by atoms with Crippen LogP contribution in [0.3, 0.4) is 0 Å². The number of pyridine rings is 1. The van der Waals surface area contributed by atoms with Crippen molar-refractivity contribution in [1.29, 1.82) is 0 Å². The van der Waals surface area contributed by atoms with Crippen molar-refractivity contribution in [1.82, 2.24) is 25.0 Å². The normalized spacial score (nSPS) is 22.8. The molecule has 10 heteroatoms. The first-order valence-corrected chi connectivity index (χ1v) is 12.9. The van der Waals surface area contributed by atoms with Gasteiger partial charge in [-0.3, -0.25) is 39.1 Å². The minimum Gasteiger partial charge on any atom is -0.385 e. The number of aromatic nitrogens is 3. The van der Waals surface area contributed by atoms with Crippen LogP contribution < -0.4 is 10.6 Å².